The molecular formula is C16H17ClN2. The Morgan fingerprint density at radius 1 is 1.16 bits per heavy atom. The summed E-state index contributed by atoms with van der Waals surface area (Å²) in [6.07, 6.45) is 6.06. The van der Waals surface area contributed by atoms with Crippen molar-refractivity contribution in [1.82, 2.24) is 10.3 Å². The molecule has 98 valence electrons. The second-order valence-electron chi connectivity index (χ2n) is 5.13. The van der Waals surface area contributed by atoms with E-state index in [-0.39, 0.29) is 0 Å². The maximum Gasteiger partial charge on any atom is 0.0440 e. The summed E-state index contributed by atoms with van der Waals surface area (Å²) in [5, 5.41) is 4.47. The molecule has 1 fully saturated rings. The van der Waals surface area contributed by atoms with Gasteiger partial charge in [0.2, 0.25) is 0 Å². The van der Waals surface area contributed by atoms with E-state index in [4.69, 9.17) is 11.6 Å². The maximum absolute atomic E-state index is 6.22. The first-order valence-corrected chi connectivity index (χ1v) is 7.07. The molecule has 2 nitrogen and oxygen atoms in total. The number of benzene rings is 1. The molecule has 0 atom stereocenters. The van der Waals surface area contributed by atoms with Crippen LogP contribution >= 0.6 is 11.6 Å². The van der Waals surface area contributed by atoms with Crippen molar-refractivity contribution in [3.63, 3.8) is 0 Å². The molecule has 0 spiro atoms. The van der Waals surface area contributed by atoms with Crippen molar-refractivity contribution >= 4 is 11.6 Å². The zero-order valence-corrected chi connectivity index (χ0v) is 11.5. The van der Waals surface area contributed by atoms with Gasteiger partial charge in [-0.3, -0.25) is 4.98 Å². The minimum atomic E-state index is 0.599. The van der Waals surface area contributed by atoms with E-state index >= 15 is 0 Å². The molecule has 1 aromatic carbocycles. The number of hydrogen-bond donors (Lipinski definition) is 1. The standard InChI is InChI=1S/C16H17ClN2/c17-16-6-2-1-5-15(16)13-8-14(9-13)19-11-12-4-3-7-18-10-12/h1-7,10,13-14,19H,8-9,11H2. The zero-order valence-electron chi connectivity index (χ0n) is 10.7. The molecule has 3 heteroatoms. The highest BCUT2D eigenvalue weighted by molar-refractivity contribution is 6.31. The first-order chi connectivity index (χ1) is 9.33. The second kappa shape index (κ2) is 5.72. The fourth-order valence-electron chi connectivity index (χ4n) is 2.61. The first kappa shape index (κ1) is 12.6. The van der Waals surface area contributed by atoms with Crippen LogP contribution < -0.4 is 5.32 Å². The van der Waals surface area contributed by atoms with Gasteiger partial charge in [0.25, 0.3) is 0 Å². The zero-order chi connectivity index (χ0) is 13.1. The van der Waals surface area contributed by atoms with Crippen LogP contribution in [0.2, 0.25) is 5.02 Å². The highest BCUT2D eigenvalue weighted by Crippen LogP contribution is 2.39. The average Bonchev–Trinajstić information content (AvgIpc) is 2.40. The van der Waals surface area contributed by atoms with E-state index in [1.165, 1.54) is 24.0 Å². The number of nitrogens with one attached hydrogen (secondary N) is 1. The van der Waals surface area contributed by atoms with Crippen LogP contribution in [0.5, 0.6) is 0 Å². The van der Waals surface area contributed by atoms with E-state index in [0.29, 0.717) is 12.0 Å². The Morgan fingerprint density at radius 3 is 2.74 bits per heavy atom. The molecule has 1 aliphatic rings. The largest absolute Gasteiger partial charge is 0.310 e. The van der Waals surface area contributed by atoms with Gasteiger partial charge < -0.3 is 5.32 Å². The molecule has 1 aromatic heterocycles. The quantitative estimate of drug-likeness (QED) is 0.916. The molecular weight excluding hydrogens is 256 g/mol. The van der Waals surface area contributed by atoms with Gasteiger partial charge in [0.1, 0.15) is 0 Å². The average molecular weight is 273 g/mol. The number of pyridine rings is 1. The van der Waals surface area contributed by atoms with Crippen molar-refractivity contribution in [2.24, 2.45) is 0 Å². The molecule has 1 aliphatic carbocycles. The monoisotopic (exact) mass is 272 g/mol. The van der Waals surface area contributed by atoms with Crippen molar-refractivity contribution in [3.05, 3.63) is 64.9 Å². The van der Waals surface area contributed by atoms with Crippen LogP contribution in [0.25, 0.3) is 0 Å². The van der Waals surface area contributed by atoms with Crippen LogP contribution in [0.4, 0.5) is 0 Å². The third kappa shape index (κ3) is 2.96. The predicted molar refractivity (Wildman–Crippen MR) is 78.3 cm³/mol. The highest BCUT2D eigenvalue weighted by atomic mass is 35.5. The summed E-state index contributed by atoms with van der Waals surface area (Å²) in [4.78, 5) is 4.12. The summed E-state index contributed by atoms with van der Waals surface area (Å²) >= 11 is 6.22. The summed E-state index contributed by atoms with van der Waals surface area (Å²) in [5.74, 6) is 0.611. The van der Waals surface area contributed by atoms with Gasteiger partial charge in [-0.25, -0.2) is 0 Å². The predicted octanol–water partition coefficient (Wildman–Crippen LogP) is 3.77. The lowest BCUT2D eigenvalue weighted by Gasteiger charge is -2.36. The fraction of sp³-hybridized carbons (Fsp3) is 0.312. The normalized spacial score (nSPS) is 21.9. The van der Waals surface area contributed by atoms with E-state index in [1.54, 1.807) is 6.20 Å². The van der Waals surface area contributed by atoms with Gasteiger partial charge in [-0.2, -0.15) is 0 Å². The van der Waals surface area contributed by atoms with E-state index < -0.39 is 0 Å². The third-order valence-corrected chi connectivity index (χ3v) is 4.14. The second-order valence-corrected chi connectivity index (χ2v) is 5.54. The van der Waals surface area contributed by atoms with Gasteiger partial charge in [-0.15, -0.1) is 0 Å². The molecule has 0 aliphatic heterocycles. The smallest absolute Gasteiger partial charge is 0.0440 e. The Balaban J connectivity index is 1.50. The molecule has 0 radical (unpaired) electrons. The van der Waals surface area contributed by atoms with Crippen molar-refractivity contribution in [3.8, 4) is 0 Å². The molecule has 1 heterocycles. The lowest BCUT2D eigenvalue weighted by Crippen LogP contribution is -2.39. The highest BCUT2D eigenvalue weighted by Gasteiger charge is 2.30. The SMILES string of the molecule is Clc1ccccc1C1CC(NCc2cccnc2)C1. The summed E-state index contributed by atoms with van der Waals surface area (Å²) in [6.45, 7) is 0.897. The maximum atomic E-state index is 6.22. The third-order valence-electron chi connectivity index (χ3n) is 3.80. The molecule has 0 unspecified atom stereocenters. The van der Waals surface area contributed by atoms with E-state index in [0.717, 1.165) is 11.6 Å². The van der Waals surface area contributed by atoms with E-state index in [2.05, 4.69) is 28.5 Å². The lowest BCUT2D eigenvalue weighted by molar-refractivity contribution is 0.289. The first-order valence-electron chi connectivity index (χ1n) is 6.69. The molecule has 0 saturated heterocycles. The fourth-order valence-corrected chi connectivity index (χ4v) is 2.90. The van der Waals surface area contributed by atoms with Gasteiger partial charge in [0.05, 0.1) is 0 Å². The number of aromatic nitrogens is 1. The Hall–Kier alpha value is -1.38. The van der Waals surface area contributed by atoms with Crippen LogP contribution in [0.1, 0.15) is 29.9 Å². The van der Waals surface area contributed by atoms with Crippen LogP contribution in [-0.4, -0.2) is 11.0 Å². The van der Waals surface area contributed by atoms with E-state index in [1.807, 2.05) is 24.4 Å². The van der Waals surface area contributed by atoms with Crippen molar-refractivity contribution in [2.75, 3.05) is 0 Å². The van der Waals surface area contributed by atoms with Crippen molar-refractivity contribution in [1.29, 1.82) is 0 Å². The molecule has 0 amide bonds. The Kier molecular flexibility index (Phi) is 3.81. The molecule has 1 N–H and O–H groups in total. The van der Waals surface area contributed by atoms with Crippen LogP contribution in [0, 0.1) is 0 Å². The van der Waals surface area contributed by atoms with Crippen LogP contribution in [-0.2, 0) is 6.54 Å². The number of hydrogen-bond acceptors (Lipinski definition) is 2. The van der Waals surface area contributed by atoms with Gasteiger partial charge in [-0.1, -0.05) is 35.9 Å². The minimum absolute atomic E-state index is 0.599. The minimum Gasteiger partial charge on any atom is -0.310 e. The van der Waals surface area contributed by atoms with Crippen LogP contribution in [0.15, 0.2) is 48.8 Å². The molecule has 2 aromatic rings. The molecule has 1 saturated carbocycles. The number of rotatable bonds is 4. The Labute approximate surface area is 118 Å². The van der Waals surface area contributed by atoms with Crippen LogP contribution in [0.3, 0.4) is 0 Å². The van der Waals surface area contributed by atoms with Gasteiger partial charge >= 0.3 is 0 Å². The number of halogens is 1. The summed E-state index contributed by atoms with van der Waals surface area (Å²) < 4.78 is 0. The Bertz CT molecular complexity index is 535. The Morgan fingerprint density at radius 2 is 2.00 bits per heavy atom. The topological polar surface area (TPSA) is 24.9 Å². The lowest BCUT2D eigenvalue weighted by atomic mass is 9.76. The molecule has 19 heavy (non-hydrogen) atoms. The van der Waals surface area contributed by atoms with E-state index in [9.17, 15) is 0 Å². The molecule has 0 bridgehead atoms. The van der Waals surface area contributed by atoms with Gasteiger partial charge in [0, 0.05) is 30.0 Å². The van der Waals surface area contributed by atoms with Crippen molar-refractivity contribution in [2.45, 2.75) is 31.3 Å². The van der Waals surface area contributed by atoms with Gasteiger partial charge in [-0.05, 0) is 42.0 Å². The number of nitrogens with zero attached hydrogens (tertiary/aromatic N) is 1. The van der Waals surface area contributed by atoms with Gasteiger partial charge in [0.15, 0.2) is 0 Å². The summed E-state index contributed by atoms with van der Waals surface area (Å²) in [7, 11) is 0. The molecule has 3 rings (SSSR count). The van der Waals surface area contributed by atoms with Crippen molar-refractivity contribution < 1.29 is 0 Å². The summed E-state index contributed by atoms with van der Waals surface area (Å²) in [6, 6.07) is 12.9. The summed E-state index contributed by atoms with van der Waals surface area (Å²) in [5.41, 5.74) is 2.53.